The highest BCUT2D eigenvalue weighted by molar-refractivity contribution is 6.30. The number of aromatic amines is 1. The second-order valence-electron chi connectivity index (χ2n) is 9.66. The number of benzene rings is 2. The predicted molar refractivity (Wildman–Crippen MR) is 147 cm³/mol. The van der Waals surface area contributed by atoms with Crippen molar-refractivity contribution in [1.29, 1.82) is 0 Å². The molecule has 0 atom stereocenters. The van der Waals surface area contributed by atoms with Crippen molar-refractivity contribution in [3.8, 4) is 22.5 Å². The second-order valence-corrected chi connectivity index (χ2v) is 10.1. The number of halogens is 1. The third-order valence-corrected chi connectivity index (χ3v) is 7.55. The number of amides is 1. The number of hydrogen-bond donors (Lipinski definition) is 2. The minimum absolute atomic E-state index is 0.103. The maximum atomic E-state index is 13.5. The topological polar surface area (TPSA) is 97.7 Å². The number of carbonyl (C=O) groups excluding carboxylic acids is 1. The maximum Gasteiger partial charge on any atom is 0.289 e. The summed E-state index contributed by atoms with van der Waals surface area (Å²) in [6, 6.07) is 17.7. The van der Waals surface area contributed by atoms with Gasteiger partial charge in [0, 0.05) is 66.8 Å². The fraction of sp³-hybridized carbons (Fsp3) is 0.241. The molecule has 0 radical (unpaired) electrons. The zero-order valence-corrected chi connectivity index (χ0v) is 21.5. The Labute approximate surface area is 225 Å². The number of carbonyl (C=O) groups is 1. The molecule has 1 aliphatic carbocycles. The van der Waals surface area contributed by atoms with Crippen LogP contribution in [0.3, 0.4) is 0 Å². The third kappa shape index (κ3) is 4.80. The van der Waals surface area contributed by atoms with Crippen molar-refractivity contribution in [2.45, 2.75) is 19.4 Å². The minimum atomic E-state index is -0.103. The first-order valence-electron chi connectivity index (χ1n) is 12.7. The molecule has 0 spiro atoms. The molecular formula is C29H27ClN6O2. The van der Waals surface area contributed by atoms with Crippen molar-refractivity contribution in [2.75, 3.05) is 26.2 Å². The fourth-order valence-electron chi connectivity index (χ4n) is 5.24. The Bertz CT molecular complexity index is 1490. The van der Waals surface area contributed by atoms with Crippen molar-refractivity contribution in [1.82, 2.24) is 24.8 Å². The lowest BCUT2D eigenvalue weighted by Gasteiger charge is -2.34. The zero-order chi connectivity index (χ0) is 26.1. The maximum absolute atomic E-state index is 13.5. The van der Waals surface area contributed by atoms with E-state index in [4.69, 9.17) is 16.6 Å². The molecule has 2 aromatic heterocycles. The molecule has 38 heavy (non-hydrogen) atoms. The summed E-state index contributed by atoms with van der Waals surface area (Å²) in [4.78, 5) is 30.0. The highest BCUT2D eigenvalue weighted by Crippen LogP contribution is 2.33. The van der Waals surface area contributed by atoms with Gasteiger partial charge >= 0.3 is 0 Å². The SMILES string of the molecule is O=C(c1nc(-c2ccc3c(c2)CCC3=NO)c(-c2ccncc2)[nH]1)N1CCN(Cc2ccc(Cl)cc2)CC1. The number of aryl methyl sites for hydroxylation is 1. The Balaban J connectivity index is 1.24. The Morgan fingerprint density at radius 2 is 1.74 bits per heavy atom. The lowest BCUT2D eigenvalue weighted by atomic mass is 10.0. The van der Waals surface area contributed by atoms with Crippen LogP contribution in [0.15, 0.2) is 72.1 Å². The largest absolute Gasteiger partial charge is 0.411 e. The van der Waals surface area contributed by atoms with Gasteiger partial charge in [0.25, 0.3) is 5.91 Å². The van der Waals surface area contributed by atoms with Gasteiger partial charge in [-0.3, -0.25) is 14.7 Å². The van der Waals surface area contributed by atoms with Crippen LogP contribution < -0.4 is 0 Å². The van der Waals surface area contributed by atoms with Crippen LogP contribution in [0.1, 0.15) is 33.7 Å². The molecule has 2 aromatic carbocycles. The number of pyridine rings is 1. The smallest absolute Gasteiger partial charge is 0.289 e. The number of nitrogens with zero attached hydrogens (tertiary/aromatic N) is 5. The first-order valence-corrected chi connectivity index (χ1v) is 13.1. The van der Waals surface area contributed by atoms with Gasteiger partial charge in [0.1, 0.15) is 0 Å². The molecule has 4 aromatic rings. The van der Waals surface area contributed by atoms with Gasteiger partial charge in [-0.05, 0) is 54.3 Å². The number of hydrogen-bond acceptors (Lipinski definition) is 6. The number of fused-ring (bicyclic) bond motifs is 1. The molecule has 8 nitrogen and oxygen atoms in total. The molecule has 2 N–H and O–H groups in total. The standard InChI is InChI=1S/C29H27ClN6O2/c30-23-5-1-19(2-6-23)18-35-13-15-36(16-14-35)29(37)28-32-26(20-9-11-31-12-10-20)27(33-28)22-3-7-24-21(17-22)4-8-25(24)34-38/h1-3,5-7,9-12,17,38H,4,8,13-16,18H2,(H,32,33). The van der Waals surface area contributed by atoms with Gasteiger partial charge in [-0.2, -0.15) is 0 Å². The molecule has 1 fully saturated rings. The van der Waals surface area contributed by atoms with Gasteiger partial charge in [-0.25, -0.2) is 4.98 Å². The van der Waals surface area contributed by atoms with Crippen LogP contribution in [0.2, 0.25) is 5.02 Å². The molecule has 1 aliphatic heterocycles. The van der Waals surface area contributed by atoms with Crippen LogP contribution in [0.5, 0.6) is 0 Å². The normalized spacial score (nSPS) is 16.7. The monoisotopic (exact) mass is 526 g/mol. The van der Waals surface area contributed by atoms with Gasteiger partial charge in [0.2, 0.25) is 0 Å². The summed E-state index contributed by atoms with van der Waals surface area (Å²) in [5, 5.41) is 13.5. The molecule has 1 amide bonds. The summed E-state index contributed by atoms with van der Waals surface area (Å²) in [6.07, 6.45) is 4.98. The van der Waals surface area contributed by atoms with E-state index in [1.807, 2.05) is 53.4 Å². The van der Waals surface area contributed by atoms with E-state index in [0.29, 0.717) is 31.0 Å². The summed E-state index contributed by atoms with van der Waals surface area (Å²) < 4.78 is 0. The first-order chi connectivity index (χ1) is 18.6. The number of nitrogens with one attached hydrogen (secondary N) is 1. The molecule has 0 bridgehead atoms. The Kier molecular flexibility index (Phi) is 6.66. The number of imidazole rings is 1. The summed E-state index contributed by atoms with van der Waals surface area (Å²) >= 11 is 6.01. The highest BCUT2D eigenvalue weighted by atomic mass is 35.5. The van der Waals surface area contributed by atoms with Crippen LogP contribution in [-0.4, -0.2) is 67.8 Å². The molecular weight excluding hydrogens is 500 g/mol. The molecule has 3 heterocycles. The van der Waals surface area contributed by atoms with Crippen molar-refractivity contribution in [3.05, 3.63) is 94.5 Å². The predicted octanol–water partition coefficient (Wildman–Crippen LogP) is 4.87. The van der Waals surface area contributed by atoms with E-state index in [1.165, 1.54) is 5.56 Å². The summed E-state index contributed by atoms with van der Waals surface area (Å²) in [5.41, 5.74) is 7.32. The van der Waals surface area contributed by atoms with E-state index in [0.717, 1.165) is 64.7 Å². The number of piperazine rings is 1. The van der Waals surface area contributed by atoms with E-state index in [9.17, 15) is 10.0 Å². The zero-order valence-electron chi connectivity index (χ0n) is 20.8. The van der Waals surface area contributed by atoms with Crippen molar-refractivity contribution in [2.24, 2.45) is 5.16 Å². The van der Waals surface area contributed by atoms with E-state index in [1.54, 1.807) is 12.4 Å². The van der Waals surface area contributed by atoms with E-state index >= 15 is 0 Å². The van der Waals surface area contributed by atoms with Crippen molar-refractivity contribution in [3.63, 3.8) is 0 Å². The number of H-pyrrole nitrogens is 1. The van der Waals surface area contributed by atoms with Crippen LogP contribution in [-0.2, 0) is 13.0 Å². The fourth-order valence-corrected chi connectivity index (χ4v) is 5.36. The second kappa shape index (κ2) is 10.4. The first kappa shape index (κ1) is 24.3. The molecule has 1 saturated heterocycles. The lowest BCUT2D eigenvalue weighted by Crippen LogP contribution is -2.48. The van der Waals surface area contributed by atoms with Gasteiger partial charge in [0.05, 0.1) is 17.1 Å². The van der Waals surface area contributed by atoms with Gasteiger partial charge < -0.3 is 15.1 Å². The number of oxime groups is 1. The van der Waals surface area contributed by atoms with Gasteiger partial charge in [-0.1, -0.05) is 41.0 Å². The molecule has 192 valence electrons. The minimum Gasteiger partial charge on any atom is -0.411 e. The molecule has 9 heteroatoms. The quantitative estimate of drug-likeness (QED) is 0.285. The third-order valence-electron chi connectivity index (χ3n) is 7.30. The van der Waals surface area contributed by atoms with Crippen LogP contribution in [0.4, 0.5) is 0 Å². The van der Waals surface area contributed by atoms with E-state index in [2.05, 4.69) is 26.1 Å². The summed E-state index contributed by atoms with van der Waals surface area (Å²) in [5.74, 6) is 0.227. The summed E-state index contributed by atoms with van der Waals surface area (Å²) in [7, 11) is 0. The average molecular weight is 527 g/mol. The Morgan fingerprint density at radius 3 is 2.47 bits per heavy atom. The highest BCUT2D eigenvalue weighted by Gasteiger charge is 2.27. The molecule has 0 unspecified atom stereocenters. The van der Waals surface area contributed by atoms with Crippen molar-refractivity contribution < 1.29 is 10.0 Å². The van der Waals surface area contributed by atoms with Crippen LogP contribution >= 0.6 is 11.6 Å². The number of aromatic nitrogens is 3. The van der Waals surface area contributed by atoms with E-state index < -0.39 is 0 Å². The molecule has 0 saturated carbocycles. The van der Waals surface area contributed by atoms with Crippen molar-refractivity contribution >= 4 is 23.2 Å². The molecule has 2 aliphatic rings. The Hall–Kier alpha value is -4.01. The molecule has 6 rings (SSSR count). The van der Waals surface area contributed by atoms with Gasteiger partial charge in [0.15, 0.2) is 5.82 Å². The number of rotatable bonds is 5. The Morgan fingerprint density at radius 1 is 0.974 bits per heavy atom. The average Bonchev–Trinajstić information content (AvgIpc) is 3.59. The summed E-state index contributed by atoms with van der Waals surface area (Å²) in [6.45, 7) is 3.68. The van der Waals surface area contributed by atoms with Crippen LogP contribution in [0.25, 0.3) is 22.5 Å². The van der Waals surface area contributed by atoms with Gasteiger partial charge in [-0.15, -0.1) is 0 Å². The van der Waals surface area contributed by atoms with E-state index in [-0.39, 0.29) is 5.91 Å². The lowest BCUT2D eigenvalue weighted by molar-refractivity contribution is 0.0617. The van der Waals surface area contributed by atoms with Crippen LogP contribution in [0, 0.1) is 0 Å².